The lowest BCUT2D eigenvalue weighted by Crippen LogP contribution is -2.17. The summed E-state index contributed by atoms with van der Waals surface area (Å²) in [6.45, 7) is 2.32. The molecular formula is C21H17FN4O. The molecule has 1 amide bonds. The number of aryl methyl sites for hydroxylation is 1. The first-order chi connectivity index (χ1) is 13.1. The molecular weight excluding hydrogens is 343 g/mol. The molecule has 2 aromatic carbocycles. The van der Waals surface area contributed by atoms with Crippen molar-refractivity contribution in [2.45, 2.75) is 13.5 Å². The van der Waals surface area contributed by atoms with Crippen LogP contribution in [0.3, 0.4) is 0 Å². The fourth-order valence-corrected chi connectivity index (χ4v) is 3.03. The predicted molar refractivity (Wildman–Crippen MR) is 102 cm³/mol. The van der Waals surface area contributed by atoms with Gasteiger partial charge in [0.1, 0.15) is 11.6 Å². The van der Waals surface area contributed by atoms with Crippen molar-refractivity contribution in [1.82, 2.24) is 14.8 Å². The normalized spacial score (nSPS) is 10.9. The van der Waals surface area contributed by atoms with Gasteiger partial charge in [-0.1, -0.05) is 30.3 Å². The molecule has 0 spiro atoms. The summed E-state index contributed by atoms with van der Waals surface area (Å²) in [7, 11) is 0. The van der Waals surface area contributed by atoms with Crippen molar-refractivity contribution in [2.75, 3.05) is 5.32 Å². The Morgan fingerprint density at radius 2 is 1.93 bits per heavy atom. The Hall–Kier alpha value is -3.54. The Morgan fingerprint density at radius 1 is 1.11 bits per heavy atom. The third-order valence-corrected chi connectivity index (χ3v) is 4.28. The molecule has 0 aliphatic rings. The summed E-state index contributed by atoms with van der Waals surface area (Å²) in [5, 5.41) is 7.80. The Morgan fingerprint density at radius 3 is 2.74 bits per heavy atom. The fourth-order valence-electron chi connectivity index (χ4n) is 3.03. The van der Waals surface area contributed by atoms with Gasteiger partial charge >= 0.3 is 0 Å². The van der Waals surface area contributed by atoms with Crippen molar-refractivity contribution in [3.05, 3.63) is 89.5 Å². The summed E-state index contributed by atoms with van der Waals surface area (Å²) >= 11 is 0. The van der Waals surface area contributed by atoms with Crippen LogP contribution >= 0.6 is 0 Å². The van der Waals surface area contributed by atoms with Crippen LogP contribution in [0.15, 0.2) is 66.9 Å². The van der Waals surface area contributed by atoms with Gasteiger partial charge in [-0.2, -0.15) is 5.10 Å². The average molecular weight is 360 g/mol. The number of carbonyl (C=O) groups is 1. The highest BCUT2D eigenvalue weighted by atomic mass is 19.1. The topological polar surface area (TPSA) is 59.8 Å². The minimum Gasteiger partial charge on any atom is -0.307 e. The molecule has 0 bridgehead atoms. The van der Waals surface area contributed by atoms with E-state index < -0.39 is 0 Å². The van der Waals surface area contributed by atoms with Crippen molar-refractivity contribution in [2.24, 2.45) is 0 Å². The van der Waals surface area contributed by atoms with Gasteiger partial charge in [0.25, 0.3) is 5.91 Å². The van der Waals surface area contributed by atoms with E-state index in [4.69, 9.17) is 0 Å². The minimum atomic E-state index is -0.382. The van der Waals surface area contributed by atoms with E-state index in [1.807, 2.05) is 30.3 Å². The van der Waals surface area contributed by atoms with Crippen LogP contribution in [0.2, 0.25) is 0 Å². The van der Waals surface area contributed by atoms with E-state index in [2.05, 4.69) is 15.4 Å². The first-order valence-electron chi connectivity index (χ1n) is 8.54. The third-order valence-electron chi connectivity index (χ3n) is 4.28. The molecule has 0 atom stereocenters. The number of anilines is 1. The summed E-state index contributed by atoms with van der Waals surface area (Å²) in [6, 6.07) is 17.6. The van der Waals surface area contributed by atoms with Crippen LogP contribution in [0.5, 0.6) is 0 Å². The van der Waals surface area contributed by atoms with E-state index in [-0.39, 0.29) is 11.7 Å². The molecule has 0 unspecified atom stereocenters. The van der Waals surface area contributed by atoms with E-state index in [0.717, 1.165) is 5.56 Å². The Labute approximate surface area is 155 Å². The molecule has 0 saturated carbocycles. The first kappa shape index (κ1) is 16.9. The molecule has 4 rings (SSSR count). The molecule has 0 aliphatic carbocycles. The zero-order chi connectivity index (χ0) is 18.8. The van der Waals surface area contributed by atoms with Crippen LogP contribution < -0.4 is 5.32 Å². The van der Waals surface area contributed by atoms with Crippen LogP contribution in [0.25, 0.3) is 10.9 Å². The van der Waals surface area contributed by atoms with Gasteiger partial charge in [-0.25, -0.2) is 9.07 Å². The zero-order valence-electron chi connectivity index (χ0n) is 14.7. The Balaban J connectivity index is 1.64. The number of hydrogen-bond acceptors (Lipinski definition) is 3. The second kappa shape index (κ2) is 6.99. The minimum absolute atomic E-state index is 0.285. The van der Waals surface area contributed by atoms with Crippen LogP contribution in [-0.2, 0) is 6.54 Å². The number of hydrogen-bond donors (Lipinski definition) is 1. The van der Waals surface area contributed by atoms with E-state index in [1.54, 1.807) is 36.0 Å². The molecule has 4 aromatic rings. The highest BCUT2D eigenvalue weighted by Gasteiger charge is 2.15. The maximum Gasteiger partial charge on any atom is 0.257 e. The monoisotopic (exact) mass is 360 g/mol. The van der Waals surface area contributed by atoms with Crippen molar-refractivity contribution >= 4 is 22.6 Å². The van der Waals surface area contributed by atoms with Crippen molar-refractivity contribution in [3.63, 3.8) is 0 Å². The lowest BCUT2D eigenvalue weighted by atomic mass is 10.1. The molecule has 0 saturated heterocycles. The maximum absolute atomic E-state index is 13.5. The molecule has 0 fully saturated rings. The molecule has 27 heavy (non-hydrogen) atoms. The number of fused-ring (bicyclic) bond motifs is 1. The largest absolute Gasteiger partial charge is 0.307 e. The van der Waals surface area contributed by atoms with Gasteiger partial charge in [0.05, 0.1) is 23.8 Å². The van der Waals surface area contributed by atoms with Gasteiger partial charge in [-0.3, -0.25) is 9.78 Å². The summed E-state index contributed by atoms with van der Waals surface area (Å²) < 4.78 is 15.2. The predicted octanol–water partition coefficient (Wildman–Crippen LogP) is 4.18. The lowest BCUT2D eigenvalue weighted by molar-refractivity contribution is 0.102. The van der Waals surface area contributed by atoms with E-state index in [0.29, 0.717) is 34.5 Å². The highest BCUT2D eigenvalue weighted by Crippen LogP contribution is 2.21. The number of amides is 1. The Bertz CT molecular complexity index is 1120. The standard InChI is InChI=1S/C21H17FN4O/c1-14-11-18(17-8-7-16(22)12-19(17)24-14)21(27)25-20-9-10-23-26(20)13-15-5-3-2-4-6-15/h2-12H,13H2,1H3,(H,25,27). The average Bonchev–Trinajstić information content (AvgIpc) is 3.08. The third kappa shape index (κ3) is 3.55. The van der Waals surface area contributed by atoms with Crippen molar-refractivity contribution in [3.8, 4) is 0 Å². The van der Waals surface area contributed by atoms with Gasteiger partial charge in [-0.15, -0.1) is 0 Å². The number of halogens is 1. The van der Waals surface area contributed by atoms with E-state index in [1.165, 1.54) is 12.1 Å². The number of aromatic nitrogens is 3. The number of rotatable bonds is 4. The molecule has 6 heteroatoms. The number of nitrogens with one attached hydrogen (secondary N) is 1. The van der Waals surface area contributed by atoms with E-state index in [9.17, 15) is 9.18 Å². The summed E-state index contributed by atoms with van der Waals surface area (Å²) in [5.41, 5.74) is 2.64. The Kier molecular flexibility index (Phi) is 4.38. The quantitative estimate of drug-likeness (QED) is 0.594. The summed E-state index contributed by atoms with van der Waals surface area (Å²) in [6.07, 6.45) is 1.64. The zero-order valence-corrected chi connectivity index (χ0v) is 14.7. The van der Waals surface area contributed by atoms with Crippen LogP contribution in [0, 0.1) is 12.7 Å². The molecule has 2 heterocycles. The van der Waals surface area contributed by atoms with Gasteiger partial charge in [0.2, 0.25) is 0 Å². The van der Waals surface area contributed by atoms with Crippen molar-refractivity contribution < 1.29 is 9.18 Å². The maximum atomic E-state index is 13.5. The molecule has 0 radical (unpaired) electrons. The highest BCUT2D eigenvalue weighted by molar-refractivity contribution is 6.12. The molecule has 134 valence electrons. The van der Waals surface area contributed by atoms with E-state index >= 15 is 0 Å². The SMILES string of the molecule is Cc1cc(C(=O)Nc2ccnn2Cc2ccccc2)c2ccc(F)cc2n1. The van der Waals surface area contributed by atoms with Gasteiger partial charge in [-0.05, 0) is 30.7 Å². The summed E-state index contributed by atoms with van der Waals surface area (Å²) in [4.78, 5) is 17.2. The molecule has 0 aliphatic heterocycles. The van der Waals surface area contributed by atoms with Crippen molar-refractivity contribution in [1.29, 1.82) is 0 Å². The first-order valence-corrected chi connectivity index (χ1v) is 8.54. The van der Waals surface area contributed by atoms with Crippen LogP contribution in [0.4, 0.5) is 10.2 Å². The number of pyridine rings is 1. The van der Waals surface area contributed by atoms with Gasteiger partial charge < -0.3 is 5.32 Å². The van der Waals surface area contributed by atoms with Gasteiger partial charge in [0.15, 0.2) is 0 Å². The fraction of sp³-hybridized carbons (Fsp3) is 0.0952. The molecule has 2 aromatic heterocycles. The number of carbonyl (C=O) groups excluding carboxylic acids is 1. The number of nitrogens with zero attached hydrogens (tertiary/aromatic N) is 3. The van der Waals surface area contributed by atoms with Gasteiger partial charge in [0, 0.05) is 23.2 Å². The molecule has 5 nitrogen and oxygen atoms in total. The second-order valence-electron chi connectivity index (χ2n) is 6.29. The second-order valence-corrected chi connectivity index (χ2v) is 6.29. The summed E-state index contributed by atoms with van der Waals surface area (Å²) in [5.74, 6) is -0.0756. The van der Waals surface area contributed by atoms with Crippen LogP contribution in [-0.4, -0.2) is 20.7 Å². The smallest absolute Gasteiger partial charge is 0.257 e. The number of benzene rings is 2. The molecule has 1 N–H and O–H groups in total. The lowest BCUT2D eigenvalue weighted by Gasteiger charge is -2.11. The van der Waals surface area contributed by atoms with Crippen LogP contribution in [0.1, 0.15) is 21.6 Å².